The first-order valence-electron chi connectivity index (χ1n) is 12.8. The van der Waals surface area contributed by atoms with Crippen LogP contribution in [0.2, 0.25) is 0 Å². The van der Waals surface area contributed by atoms with Crippen molar-refractivity contribution in [1.82, 2.24) is 35.9 Å². The number of hydrogen-bond acceptors (Lipinski definition) is 7. The standard InChI is InChI=1S/C27H31F2N7O4/c1-15(2)20-7-8-21(32-25(20)29)24(17-6-4-5-16(9-17)12-30-27(39)40-3)26(38)33-22-10-18(28)14-36(22)23(37)11-19-13-31-35-34-19/h4-9,13,15,18,22,24H,10-12,14H2,1-3H3,(H,30,39)(H,33,38)(H,31,34,35). The summed E-state index contributed by atoms with van der Waals surface area (Å²) in [6.45, 7) is 3.61. The molecule has 40 heavy (non-hydrogen) atoms. The van der Waals surface area contributed by atoms with E-state index in [0.717, 1.165) is 0 Å². The number of nitrogens with zero attached hydrogens (tertiary/aromatic N) is 4. The number of alkyl carbamates (subject to hydrolysis) is 1. The van der Waals surface area contributed by atoms with Gasteiger partial charge in [0.25, 0.3) is 0 Å². The monoisotopic (exact) mass is 555 g/mol. The SMILES string of the molecule is COC(=O)NCc1cccc(C(C(=O)NC2CC(F)CN2C(=O)Cc2cn[nH]n2)c2ccc(C(C)C)c(F)n2)c1. The molecule has 3 amide bonds. The number of amides is 3. The largest absolute Gasteiger partial charge is 0.453 e. The van der Waals surface area contributed by atoms with E-state index in [0.29, 0.717) is 22.4 Å². The summed E-state index contributed by atoms with van der Waals surface area (Å²) in [4.78, 5) is 43.6. The van der Waals surface area contributed by atoms with Crippen LogP contribution in [0.15, 0.2) is 42.6 Å². The summed E-state index contributed by atoms with van der Waals surface area (Å²) in [5, 5.41) is 15.3. The second kappa shape index (κ2) is 12.6. The van der Waals surface area contributed by atoms with Gasteiger partial charge in [-0.15, -0.1) is 0 Å². The minimum Gasteiger partial charge on any atom is -0.453 e. The van der Waals surface area contributed by atoms with Crippen molar-refractivity contribution in [2.24, 2.45) is 0 Å². The Morgan fingerprint density at radius 1 is 1.23 bits per heavy atom. The highest BCUT2D eigenvalue weighted by Gasteiger charge is 2.38. The Kier molecular flexibility index (Phi) is 9.02. The predicted octanol–water partition coefficient (Wildman–Crippen LogP) is 2.71. The molecule has 13 heteroatoms. The van der Waals surface area contributed by atoms with Crippen LogP contribution in [0.5, 0.6) is 0 Å². The summed E-state index contributed by atoms with van der Waals surface area (Å²) in [5.74, 6) is -2.90. The fourth-order valence-electron chi connectivity index (χ4n) is 4.65. The number of rotatable bonds is 9. The van der Waals surface area contributed by atoms with Crippen LogP contribution in [0.1, 0.15) is 60.2 Å². The molecular formula is C27H31F2N7O4. The van der Waals surface area contributed by atoms with E-state index in [-0.39, 0.29) is 37.5 Å². The summed E-state index contributed by atoms with van der Waals surface area (Å²) < 4.78 is 34.0. The Morgan fingerprint density at radius 3 is 2.70 bits per heavy atom. The van der Waals surface area contributed by atoms with E-state index in [1.54, 1.807) is 36.4 Å². The first kappa shape index (κ1) is 28.6. The molecule has 1 fully saturated rings. The Balaban J connectivity index is 1.63. The number of carbonyl (C=O) groups excluding carboxylic acids is 3. The fourth-order valence-corrected chi connectivity index (χ4v) is 4.65. The van der Waals surface area contributed by atoms with Gasteiger partial charge in [0.05, 0.1) is 37.7 Å². The Labute approximate surface area is 229 Å². The Morgan fingerprint density at radius 2 is 2.02 bits per heavy atom. The van der Waals surface area contributed by atoms with E-state index >= 15 is 0 Å². The first-order valence-corrected chi connectivity index (χ1v) is 12.8. The highest BCUT2D eigenvalue weighted by atomic mass is 19.1. The van der Waals surface area contributed by atoms with Crippen LogP contribution in [0.4, 0.5) is 13.6 Å². The molecule has 1 aromatic carbocycles. The van der Waals surface area contributed by atoms with Crippen LogP contribution >= 0.6 is 0 Å². The number of pyridine rings is 1. The first-order chi connectivity index (χ1) is 19.2. The minimum atomic E-state index is -1.33. The second-order valence-corrected chi connectivity index (χ2v) is 9.84. The van der Waals surface area contributed by atoms with Crippen molar-refractivity contribution in [3.63, 3.8) is 0 Å². The molecule has 3 N–H and O–H groups in total. The summed E-state index contributed by atoms with van der Waals surface area (Å²) in [5.41, 5.74) is 2.07. The van der Waals surface area contributed by atoms with Crippen LogP contribution in [0, 0.1) is 5.95 Å². The van der Waals surface area contributed by atoms with Crippen molar-refractivity contribution in [2.45, 2.75) is 57.4 Å². The molecule has 1 aliphatic heterocycles. The topological polar surface area (TPSA) is 142 Å². The van der Waals surface area contributed by atoms with E-state index in [9.17, 15) is 23.2 Å². The summed E-state index contributed by atoms with van der Waals surface area (Å²) in [7, 11) is 1.25. The van der Waals surface area contributed by atoms with E-state index in [1.807, 2.05) is 13.8 Å². The van der Waals surface area contributed by atoms with Gasteiger partial charge in [-0.2, -0.15) is 19.8 Å². The number of alkyl halides is 1. The zero-order valence-electron chi connectivity index (χ0n) is 22.4. The maximum atomic E-state index is 15.0. The maximum Gasteiger partial charge on any atom is 0.407 e. The molecule has 3 aromatic rings. The minimum absolute atomic E-state index is 0.0970. The van der Waals surface area contributed by atoms with E-state index in [2.05, 4.69) is 35.8 Å². The van der Waals surface area contributed by atoms with Gasteiger partial charge in [0.2, 0.25) is 17.8 Å². The molecule has 11 nitrogen and oxygen atoms in total. The molecule has 3 heterocycles. The number of aromatic amines is 1. The van der Waals surface area contributed by atoms with Crippen molar-refractivity contribution in [1.29, 1.82) is 0 Å². The Bertz CT molecular complexity index is 1350. The number of benzene rings is 1. The van der Waals surface area contributed by atoms with Gasteiger partial charge in [-0.1, -0.05) is 44.2 Å². The zero-order chi connectivity index (χ0) is 28.8. The highest BCUT2D eigenvalue weighted by Crippen LogP contribution is 2.29. The van der Waals surface area contributed by atoms with Crippen LogP contribution in [-0.2, 0) is 27.3 Å². The molecule has 3 atom stereocenters. The lowest BCUT2D eigenvalue weighted by Gasteiger charge is -2.27. The van der Waals surface area contributed by atoms with Crippen molar-refractivity contribution in [3.8, 4) is 0 Å². The number of methoxy groups -OCH3 is 1. The third-order valence-electron chi connectivity index (χ3n) is 6.66. The van der Waals surface area contributed by atoms with Crippen molar-refractivity contribution >= 4 is 17.9 Å². The molecule has 0 bridgehead atoms. The molecule has 0 spiro atoms. The quantitative estimate of drug-likeness (QED) is 0.345. The normalized spacial score (nSPS) is 17.5. The van der Waals surface area contributed by atoms with Crippen LogP contribution in [-0.4, -0.2) is 69.2 Å². The molecular weight excluding hydrogens is 524 g/mol. The maximum absolute atomic E-state index is 15.0. The van der Waals surface area contributed by atoms with Crippen LogP contribution < -0.4 is 10.6 Å². The molecule has 0 aliphatic carbocycles. The van der Waals surface area contributed by atoms with Gasteiger partial charge in [-0.3, -0.25) is 9.59 Å². The van der Waals surface area contributed by atoms with Crippen LogP contribution in [0.25, 0.3) is 0 Å². The lowest BCUT2D eigenvalue weighted by Crippen LogP contribution is -2.49. The van der Waals surface area contributed by atoms with Crippen molar-refractivity contribution in [2.75, 3.05) is 13.7 Å². The highest BCUT2D eigenvalue weighted by molar-refractivity contribution is 5.88. The molecule has 1 aliphatic rings. The van der Waals surface area contributed by atoms with E-state index in [1.165, 1.54) is 18.2 Å². The summed E-state index contributed by atoms with van der Waals surface area (Å²) in [6, 6.07) is 10.00. The zero-order valence-corrected chi connectivity index (χ0v) is 22.4. The average Bonchev–Trinajstić information content (AvgIpc) is 3.56. The average molecular weight is 556 g/mol. The number of carbonyl (C=O) groups is 3. The van der Waals surface area contributed by atoms with Gasteiger partial charge < -0.3 is 20.3 Å². The third kappa shape index (κ3) is 6.77. The third-order valence-corrected chi connectivity index (χ3v) is 6.66. The molecule has 212 valence electrons. The molecule has 0 radical (unpaired) electrons. The second-order valence-electron chi connectivity index (χ2n) is 9.84. The molecule has 1 saturated heterocycles. The summed E-state index contributed by atoms with van der Waals surface area (Å²) >= 11 is 0. The lowest BCUT2D eigenvalue weighted by atomic mass is 9.91. The molecule has 2 aromatic heterocycles. The molecule has 4 rings (SSSR count). The van der Waals surface area contributed by atoms with Gasteiger partial charge in [-0.05, 0) is 23.1 Å². The number of H-pyrrole nitrogens is 1. The molecule has 0 saturated carbocycles. The number of hydrogen-bond donors (Lipinski definition) is 3. The van der Waals surface area contributed by atoms with Crippen molar-refractivity contribution in [3.05, 3.63) is 76.6 Å². The van der Waals surface area contributed by atoms with E-state index in [4.69, 9.17) is 0 Å². The predicted molar refractivity (Wildman–Crippen MR) is 139 cm³/mol. The van der Waals surface area contributed by atoms with Gasteiger partial charge in [-0.25, -0.2) is 14.2 Å². The number of nitrogens with one attached hydrogen (secondary N) is 3. The van der Waals surface area contributed by atoms with Gasteiger partial charge >= 0.3 is 6.09 Å². The van der Waals surface area contributed by atoms with Crippen LogP contribution in [0.3, 0.4) is 0 Å². The Hall–Kier alpha value is -4.42. The smallest absolute Gasteiger partial charge is 0.407 e. The van der Waals surface area contributed by atoms with Crippen molar-refractivity contribution < 1.29 is 27.9 Å². The van der Waals surface area contributed by atoms with Gasteiger partial charge in [0.1, 0.15) is 18.3 Å². The van der Waals surface area contributed by atoms with Gasteiger partial charge in [0, 0.05) is 18.5 Å². The van der Waals surface area contributed by atoms with Gasteiger partial charge in [0.15, 0.2) is 0 Å². The number of aromatic nitrogens is 4. The fraction of sp³-hybridized carbons (Fsp3) is 0.407. The van der Waals surface area contributed by atoms with E-state index < -0.39 is 42.1 Å². The molecule has 3 unspecified atom stereocenters. The number of ether oxygens (including phenoxy) is 1. The number of halogens is 2. The summed E-state index contributed by atoms with van der Waals surface area (Å²) in [6.07, 6.45) is -1.69. The lowest BCUT2D eigenvalue weighted by molar-refractivity contribution is -0.133. The number of likely N-dealkylation sites (tertiary alicyclic amines) is 1.